The van der Waals surface area contributed by atoms with E-state index in [4.69, 9.17) is 9.84 Å². The normalized spacial score (nSPS) is 10.2. The second-order valence-corrected chi connectivity index (χ2v) is 4.48. The first-order chi connectivity index (χ1) is 10.1. The van der Waals surface area contributed by atoms with E-state index in [1.165, 1.54) is 0 Å². The molecule has 2 N–H and O–H groups in total. The van der Waals surface area contributed by atoms with Gasteiger partial charge in [-0.05, 0) is 31.5 Å². The van der Waals surface area contributed by atoms with Crippen molar-refractivity contribution in [2.75, 3.05) is 31.6 Å². The van der Waals surface area contributed by atoms with Crippen molar-refractivity contribution in [3.8, 4) is 0 Å². The molecule has 0 saturated heterocycles. The van der Waals surface area contributed by atoms with Crippen LogP contribution in [0.2, 0.25) is 0 Å². The minimum absolute atomic E-state index is 0.0639. The highest BCUT2D eigenvalue weighted by molar-refractivity contribution is 5.89. The minimum atomic E-state index is -0.898. The standard InChI is InChI=1S/C15H22N2O4/c1-3-17(8-9-21-4-2)15(20)16-13-7-5-6-12(10-13)11-14(18)19/h5-7,10H,3-4,8-9,11H2,1-2H3,(H,16,20)(H,18,19). The number of hydrogen-bond acceptors (Lipinski definition) is 3. The molecular weight excluding hydrogens is 272 g/mol. The van der Waals surface area contributed by atoms with Gasteiger partial charge in [0.05, 0.1) is 13.0 Å². The molecule has 0 aromatic heterocycles. The monoisotopic (exact) mass is 294 g/mol. The number of carbonyl (C=O) groups is 2. The number of likely N-dealkylation sites (N-methyl/N-ethyl adjacent to an activating group) is 1. The van der Waals surface area contributed by atoms with Crippen LogP contribution in [0.15, 0.2) is 24.3 Å². The summed E-state index contributed by atoms with van der Waals surface area (Å²) in [6.07, 6.45) is -0.0639. The van der Waals surface area contributed by atoms with E-state index < -0.39 is 5.97 Å². The highest BCUT2D eigenvalue weighted by Gasteiger charge is 2.11. The average molecular weight is 294 g/mol. The molecule has 6 nitrogen and oxygen atoms in total. The van der Waals surface area contributed by atoms with E-state index in [2.05, 4.69) is 5.32 Å². The Morgan fingerprint density at radius 1 is 1.33 bits per heavy atom. The van der Waals surface area contributed by atoms with Gasteiger partial charge < -0.3 is 20.1 Å². The highest BCUT2D eigenvalue weighted by atomic mass is 16.5. The predicted octanol–water partition coefficient (Wildman–Crippen LogP) is 2.20. The van der Waals surface area contributed by atoms with Crippen LogP contribution in [-0.2, 0) is 16.0 Å². The maximum atomic E-state index is 12.1. The summed E-state index contributed by atoms with van der Waals surface area (Å²) in [5, 5.41) is 11.5. The minimum Gasteiger partial charge on any atom is -0.481 e. The van der Waals surface area contributed by atoms with Crippen molar-refractivity contribution in [3.05, 3.63) is 29.8 Å². The fraction of sp³-hybridized carbons (Fsp3) is 0.467. The molecule has 21 heavy (non-hydrogen) atoms. The van der Waals surface area contributed by atoms with Crippen molar-refractivity contribution >= 4 is 17.7 Å². The molecule has 0 unspecified atom stereocenters. The van der Waals surface area contributed by atoms with Crippen molar-refractivity contribution in [1.29, 1.82) is 0 Å². The number of carboxylic acid groups (broad SMARTS) is 1. The lowest BCUT2D eigenvalue weighted by molar-refractivity contribution is -0.136. The van der Waals surface area contributed by atoms with E-state index in [9.17, 15) is 9.59 Å². The number of rotatable bonds is 8. The summed E-state index contributed by atoms with van der Waals surface area (Å²) in [7, 11) is 0. The van der Waals surface area contributed by atoms with Gasteiger partial charge in [-0.2, -0.15) is 0 Å². The largest absolute Gasteiger partial charge is 0.481 e. The molecule has 0 saturated carbocycles. The van der Waals surface area contributed by atoms with Gasteiger partial charge >= 0.3 is 12.0 Å². The maximum absolute atomic E-state index is 12.1. The highest BCUT2D eigenvalue weighted by Crippen LogP contribution is 2.12. The van der Waals surface area contributed by atoms with E-state index >= 15 is 0 Å². The molecule has 0 aliphatic carbocycles. The van der Waals surface area contributed by atoms with Crippen molar-refractivity contribution in [2.24, 2.45) is 0 Å². The van der Waals surface area contributed by atoms with Crippen LogP contribution < -0.4 is 5.32 Å². The Labute approximate surface area is 124 Å². The first-order valence-electron chi connectivity index (χ1n) is 7.01. The summed E-state index contributed by atoms with van der Waals surface area (Å²) >= 11 is 0. The quantitative estimate of drug-likeness (QED) is 0.720. The molecule has 0 fully saturated rings. The zero-order chi connectivity index (χ0) is 15.7. The van der Waals surface area contributed by atoms with Crippen LogP contribution in [-0.4, -0.2) is 48.3 Å². The Hall–Kier alpha value is -2.08. The number of urea groups is 1. The second-order valence-electron chi connectivity index (χ2n) is 4.48. The number of nitrogens with one attached hydrogen (secondary N) is 1. The van der Waals surface area contributed by atoms with E-state index in [-0.39, 0.29) is 12.5 Å². The van der Waals surface area contributed by atoms with Crippen LogP contribution in [0, 0.1) is 0 Å². The van der Waals surface area contributed by atoms with Crippen molar-refractivity contribution in [2.45, 2.75) is 20.3 Å². The molecule has 0 aliphatic rings. The molecule has 6 heteroatoms. The first kappa shape index (κ1) is 17.0. The number of aliphatic carboxylic acids is 1. The number of ether oxygens (including phenoxy) is 1. The average Bonchev–Trinajstić information content (AvgIpc) is 2.43. The number of carboxylic acids is 1. The zero-order valence-corrected chi connectivity index (χ0v) is 12.5. The van der Waals surface area contributed by atoms with Crippen molar-refractivity contribution in [1.82, 2.24) is 4.90 Å². The Bertz CT molecular complexity index is 476. The molecular formula is C15H22N2O4. The Kier molecular flexibility index (Phi) is 7.25. The maximum Gasteiger partial charge on any atom is 0.321 e. The fourth-order valence-electron chi connectivity index (χ4n) is 1.86. The third-order valence-electron chi connectivity index (χ3n) is 2.91. The van der Waals surface area contributed by atoms with Crippen molar-refractivity contribution < 1.29 is 19.4 Å². The molecule has 1 aromatic carbocycles. The zero-order valence-electron chi connectivity index (χ0n) is 12.5. The van der Waals surface area contributed by atoms with E-state index in [0.717, 1.165) is 0 Å². The number of anilines is 1. The topological polar surface area (TPSA) is 78.9 Å². The molecule has 0 radical (unpaired) electrons. The van der Waals surface area contributed by atoms with E-state index in [1.54, 1.807) is 29.2 Å². The predicted molar refractivity (Wildman–Crippen MR) is 80.5 cm³/mol. The Morgan fingerprint density at radius 2 is 2.10 bits per heavy atom. The molecule has 0 spiro atoms. The molecule has 116 valence electrons. The molecule has 0 atom stereocenters. The summed E-state index contributed by atoms with van der Waals surface area (Å²) in [5.74, 6) is -0.898. The molecule has 0 bridgehead atoms. The number of amides is 2. The van der Waals surface area contributed by atoms with Gasteiger partial charge in [0.15, 0.2) is 0 Å². The second kappa shape index (κ2) is 8.97. The van der Waals surface area contributed by atoms with Crippen LogP contribution in [0.3, 0.4) is 0 Å². The summed E-state index contributed by atoms with van der Waals surface area (Å²) in [6, 6.07) is 6.63. The van der Waals surface area contributed by atoms with Crippen LogP contribution in [0.25, 0.3) is 0 Å². The third-order valence-corrected chi connectivity index (χ3v) is 2.91. The Morgan fingerprint density at radius 3 is 2.71 bits per heavy atom. The van der Waals surface area contributed by atoms with Crippen LogP contribution in [0.4, 0.5) is 10.5 Å². The SMILES string of the molecule is CCOCCN(CC)C(=O)Nc1cccc(CC(=O)O)c1. The number of nitrogens with zero attached hydrogens (tertiary/aromatic N) is 1. The number of carbonyl (C=O) groups excluding carboxylic acids is 1. The van der Waals surface area contributed by atoms with Gasteiger partial charge in [0.2, 0.25) is 0 Å². The van der Waals surface area contributed by atoms with Gasteiger partial charge in [-0.25, -0.2) is 4.79 Å². The molecule has 2 amide bonds. The lowest BCUT2D eigenvalue weighted by atomic mass is 10.1. The van der Waals surface area contributed by atoms with Gasteiger partial charge in [0.1, 0.15) is 0 Å². The number of benzene rings is 1. The van der Waals surface area contributed by atoms with E-state index in [1.807, 2.05) is 13.8 Å². The van der Waals surface area contributed by atoms with Crippen molar-refractivity contribution in [3.63, 3.8) is 0 Å². The molecule has 0 aliphatic heterocycles. The first-order valence-corrected chi connectivity index (χ1v) is 7.01. The summed E-state index contributed by atoms with van der Waals surface area (Å²) in [6.45, 7) is 6.02. The van der Waals surface area contributed by atoms with Gasteiger partial charge in [0.25, 0.3) is 0 Å². The Balaban J connectivity index is 2.61. The van der Waals surface area contributed by atoms with E-state index in [0.29, 0.717) is 37.6 Å². The summed E-state index contributed by atoms with van der Waals surface area (Å²) in [5.41, 5.74) is 1.24. The molecule has 1 rings (SSSR count). The number of hydrogen-bond donors (Lipinski definition) is 2. The third kappa shape index (κ3) is 6.27. The molecule has 0 heterocycles. The fourth-order valence-corrected chi connectivity index (χ4v) is 1.86. The van der Waals surface area contributed by atoms with Gasteiger partial charge in [-0.15, -0.1) is 0 Å². The van der Waals surface area contributed by atoms with Crippen LogP contribution in [0.1, 0.15) is 19.4 Å². The van der Waals surface area contributed by atoms with Crippen LogP contribution >= 0.6 is 0 Å². The van der Waals surface area contributed by atoms with Gasteiger partial charge in [-0.1, -0.05) is 12.1 Å². The summed E-state index contributed by atoms with van der Waals surface area (Å²) < 4.78 is 5.24. The van der Waals surface area contributed by atoms with Crippen LogP contribution in [0.5, 0.6) is 0 Å². The smallest absolute Gasteiger partial charge is 0.321 e. The van der Waals surface area contributed by atoms with Gasteiger partial charge in [0, 0.05) is 25.4 Å². The lowest BCUT2D eigenvalue weighted by Crippen LogP contribution is -2.37. The lowest BCUT2D eigenvalue weighted by Gasteiger charge is -2.21. The van der Waals surface area contributed by atoms with Gasteiger partial charge in [-0.3, -0.25) is 4.79 Å². The summed E-state index contributed by atoms with van der Waals surface area (Å²) in [4.78, 5) is 24.4. The molecule has 1 aromatic rings.